The topological polar surface area (TPSA) is 71.9 Å². The minimum Gasteiger partial charge on any atom is -0.497 e. The van der Waals surface area contributed by atoms with Gasteiger partial charge in [-0.25, -0.2) is 0 Å². The van der Waals surface area contributed by atoms with Crippen molar-refractivity contribution >= 4 is 46.4 Å². The fraction of sp³-hybridized carbons (Fsp3) is 0.263. The molecule has 0 saturated heterocycles. The van der Waals surface area contributed by atoms with Crippen LogP contribution in [0.5, 0.6) is 5.75 Å². The van der Waals surface area contributed by atoms with Gasteiger partial charge in [-0.15, -0.1) is 0 Å². The molecule has 2 rings (SSSR count). The van der Waals surface area contributed by atoms with E-state index in [9.17, 15) is 9.59 Å². The third-order valence-corrected chi connectivity index (χ3v) is 4.63. The Balaban J connectivity index is 1.89. The smallest absolute Gasteiger partial charge is 0.279 e. The molecule has 6 nitrogen and oxygen atoms in total. The Kier molecular flexibility index (Phi) is 7.47. The summed E-state index contributed by atoms with van der Waals surface area (Å²) in [4.78, 5) is 25.1. The summed E-state index contributed by atoms with van der Waals surface area (Å²) in [6, 6.07) is 10.5. The summed E-state index contributed by atoms with van der Waals surface area (Å²) in [5.41, 5.74) is 1.83. The molecule has 0 aliphatic heterocycles. The predicted octanol–water partition coefficient (Wildman–Crippen LogP) is 2.40. The molecule has 2 aromatic rings. The number of amides is 2. The Labute approximate surface area is 168 Å². The fourth-order valence-corrected chi connectivity index (χ4v) is 2.94. The van der Waals surface area contributed by atoms with Gasteiger partial charge >= 0.3 is 0 Å². The average molecular weight is 411 g/mol. The maximum atomic E-state index is 12.3. The summed E-state index contributed by atoms with van der Waals surface area (Å²) in [6.45, 7) is 2.04. The van der Waals surface area contributed by atoms with Gasteiger partial charge in [-0.3, -0.25) is 9.59 Å². The number of methoxy groups -OCH3 is 1. The second-order valence-electron chi connectivity index (χ2n) is 6.19. The van der Waals surface area contributed by atoms with Crippen molar-refractivity contribution in [2.45, 2.75) is 6.92 Å². The first-order valence-corrected chi connectivity index (χ1v) is 9.05. The number of hydrogen-bond acceptors (Lipinski definition) is 3. The molecule has 1 unspecified atom stereocenters. The number of carbonyl (C=O) groups is 2. The second-order valence-corrected chi connectivity index (χ2v) is 6.98. The van der Waals surface area contributed by atoms with Crippen LogP contribution in [0.15, 0.2) is 36.4 Å². The second kappa shape index (κ2) is 9.60. The lowest BCUT2D eigenvalue weighted by Crippen LogP contribution is -3.11. The number of quaternary nitrogens is 1. The highest BCUT2D eigenvalue weighted by molar-refractivity contribution is 6.40. The highest BCUT2D eigenvalue weighted by atomic mass is 35.5. The summed E-state index contributed by atoms with van der Waals surface area (Å²) < 4.78 is 5.12. The fourth-order valence-electron chi connectivity index (χ4n) is 2.47. The summed E-state index contributed by atoms with van der Waals surface area (Å²) in [5, 5.41) is 6.27. The van der Waals surface area contributed by atoms with Crippen LogP contribution in [0.4, 0.5) is 11.4 Å². The van der Waals surface area contributed by atoms with Crippen LogP contribution in [0.25, 0.3) is 0 Å². The molecule has 0 aromatic heterocycles. The van der Waals surface area contributed by atoms with Crippen molar-refractivity contribution in [3.05, 3.63) is 52.0 Å². The van der Waals surface area contributed by atoms with Gasteiger partial charge in [0, 0.05) is 11.8 Å². The van der Waals surface area contributed by atoms with Gasteiger partial charge in [-0.05, 0) is 30.7 Å². The number of rotatable bonds is 7. The molecule has 1 atom stereocenters. The molecular weight excluding hydrogens is 389 g/mol. The number of ether oxygens (including phenoxy) is 1. The largest absolute Gasteiger partial charge is 0.497 e. The third kappa shape index (κ3) is 6.13. The van der Waals surface area contributed by atoms with Crippen LogP contribution in [0.3, 0.4) is 0 Å². The molecule has 0 bridgehead atoms. The van der Waals surface area contributed by atoms with E-state index in [4.69, 9.17) is 27.9 Å². The zero-order chi connectivity index (χ0) is 20.0. The number of anilines is 2. The van der Waals surface area contributed by atoms with Gasteiger partial charge < -0.3 is 20.3 Å². The Morgan fingerprint density at radius 2 is 1.74 bits per heavy atom. The van der Waals surface area contributed by atoms with Gasteiger partial charge in [0.25, 0.3) is 11.8 Å². The van der Waals surface area contributed by atoms with Crippen molar-refractivity contribution in [3.63, 3.8) is 0 Å². The molecule has 144 valence electrons. The minimum absolute atomic E-state index is 0.0894. The lowest BCUT2D eigenvalue weighted by molar-refractivity contribution is -0.862. The molecule has 0 aliphatic rings. The minimum atomic E-state index is -0.281. The molecule has 0 saturated carbocycles. The predicted molar refractivity (Wildman–Crippen MR) is 108 cm³/mol. The molecule has 27 heavy (non-hydrogen) atoms. The van der Waals surface area contributed by atoms with Gasteiger partial charge in [0.15, 0.2) is 13.1 Å². The molecule has 0 fully saturated rings. The van der Waals surface area contributed by atoms with E-state index in [1.807, 2.05) is 6.92 Å². The Bertz CT molecular complexity index is 843. The first-order chi connectivity index (χ1) is 12.8. The normalized spacial score (nSPS) is 11.6. The van der Waals surface area contributed by atoms with Crippen molar-refractivity contribution in [1.29, 1.82) is 0 Å². The maximum absolute atomic E-state index is 12.3. The number of benzene rings is 2. The Morgan fingerprint density at radius 1 is 1.07 bits per heavy atom. The molecule has 2 aromatic carbocycles. The van der Waals surface area contributed by atoms with Gasteiger partial charge in [0.05, 0.1) is 29.9 Å². The third-order valence-electron chi connectivity index (χ3n) is 3.83. The lowest BCUT2D eigenvalue weighted by atomic mass is 10.2. The van der Waals surface area contributed by atoms with Crippen molar-refractivity contribution in [2.24, 2.45) is 0 Å². The SMILES string of the molecule is COc1cccc(NC(=O)C[NH+](C)CC(=O)Nc2c(Cl)ccc(C)c2Cl)c1. The first-order valence-electron chi connectivity index (χ1n) is 8.29. The van der Waals surface area contributed by atoms with Gasteiger partial charge in [-0.1, -0.05) is 35.3 Å². The van der Waals surface area contributed by atoms with E-state index in [1.54, 1.807) is 50.6 Å². The van der Waals surface area contributed by atoms with E-state index in [0.29, 0.717) is 32.1 Å². The van der Waals surface area contributed by atoms with Crippen LogP contribution in [0.1, 0.15) is 5.56 Å². The summed E-state index contributed by atoms with van der Waals surface area (Å²) in [7, 11) is 3.31. The number of likely N-dealkylation sites (N-methyl/N-ethyl adjacent to an activating group) is 1. The van der Waals surface area contributed by atoms with Gasteiger partial charge in [0.1, 0.15) is 5.75 Å². The molecule has 2 amide bonds. The standard InChI is InChI=1S/C19H21Cl2N3O3/c1-12-7-8-15(20)19(18(12)21)23-17(26)11-24(2)10-16(25)22-13-5-4-6-14(9-13)27-3/h4-9H,10-11H2,1-3H3,(H,22,25)(H,23,26)/p+1. The monoisotopic (exact) mass is 410 g/mol. The Hall–Kier alpha value is -2.28. The number of aryl methyl sites for hydroxylation is 1. The molecule has 3 N–H and O–H groups in total. The lowest BCUT2D eigenvalue weighted by Gasteiger charge is -2.15. The molecule has 8 heteroatoms. The van der Waals surface area contributed by atoms with Gasteiger partial charge in [-0.2, -0.15) is 0 Å². The summed E-state index contributed by atoms with van der Waals surface area (Å²) in [6.07, 6.45) is 0. The van der Waals surface area contributed by atoms with Crippen molar-refractivity contribution < 1.29 is 19.2 Å². The van der Waals surface area contributed by atoms with E-state index in [0.717, 1.165) is 5.56 Å². The van der Waals surface area contributed by atoms with E-state index in [2.05, 4.69) is 10.6 Å². The quantitative estimate of drug-likeness (QED) is 0.656. The number of halogens is 2. The van der Waals surface area contributed by atoms with Crippen molar-refractivity contribution in [1.82, 2.24) is 0 Å². The highest BCUT2D eigenvalue weighted by Crippen LogP contribution is 2.32. The van der Waals surface area contributed by atoms with E-state index in [1.165, 1.54) is 0 Å². The Morgan fingerprint density at radius 3 is 2.41 bits per heavy atom. The van der Waals surface area contributed by atoms with E-state index in [-0.39, 0.29) is 24.9 Å². The van der Waals surface area contributed by atoms with E-state index >= 15 is 0 Å². The van der Waals surface area contributed by atoms with Crippen LogP contribution >= 0.6 is 23.2 Å². The summed E-state index contributed by atoms with van der Waals surface area (Å²) >= 11 is 12.3. The van der Waals surface area contributed by atoms with Crippen molar-refractivity contribution in [3.8, 4) is 5.75 Å². The summed E-state index contributed by atoms with van der Waals surface area (Å²) in [5.74, 6) is 0.163. The zero-order valence-corrected chi connectivity index (χ0v) is 16.9. The van der Waals surface area contributed by atoms with Crippen LogP contribution < -0.4 is 20.3 Å². The highest BCUT2D eigenvalue weighted by Gasteiger charge is 2.17. The molecule has 0 heterocycles. The molecular formula is C19H22Cl2N3O3+. The molecule has 0 radical (unpaired) electrons. The maximum Gasteiger partial charge on any atom is 0.279 e. The zero-order valence-electron chi connectivity index (χ0n) is 15.4. The van der Waals surface area contributed by atoms with Crippen LogP contribution in [0, 0.1) is 6.92 Å². The number of nitrogens with one attached hydrogen (secondary N) is 3. The van der Waals surface area contributed by atoms with Crippen LogP contribution in [-0.2, 0) is 9.59 Å². The first kappa shape index (κ1) is 21.0. The van der Waals surface area contributed by atoms with Crippen LogP contribution in [0.2, 0.25) is 10.0 Å². The molecule has 0 aliphatic carbocycles. The van der Waals surface area contributed by atoms with Gasteiger partial charge in [0.2, 0.25) is 0 Å². The number of hydrogen-bond donors (Lipinski definition) is 3. The average Bonchev–Trinajstić information content (AvgIpc) is 2.61. The number of carbonyl (C=O) groups excluding carboxylic acids is 2. The van der Waals surface area contributed by atoms with E-state index < -0.39 is 0 Å². The molecule has 0 spiro atoms. The van der Waals surface area contributed by atoms with Crippen LogP contribution in [-0.4, -0.2) is 39.1 Å². The van der Waals surface area contributed by atoms with Crippen molar-refractivity contribution in [2.75, 3.05) is 37.9 Å².